The summed E-state index contributed by atoms with van der Waals surface area (Å²) in [5.41, 5.74) is 2.38. The van der Waals surface area contributed by atoms with Crippen LogP contribution in [-0.2, 0) is 17.1 Å². The summed E-state index contributed by atoms with van der Waals surface area (Å²) < 4.78 is 1.10. The molecule has 0 aromatic heterocycles. The summed E-state index contributed by atoms with van der Waals surface area (Å²) in [5.74, 6) is 1.51. The van der Waals surface area contributed by atoms with Gasteiger partial charge in [0.25, 0.3) is 0 Å². The van der Waals surface area contributed by atoms with Gasteiger partial charge in [-0.25, -0.2) is 0 Å². The van der Waals surface area contributed by atoms with Crippen LogP contribution in [0.3, 0.4) is 0 Å². The molecule has 4 heteroatoms. The van der Waals surface area contributed by atoms with Gasteiger partial charge >= 0.3 is 0 Å². The number of amides is 1. The summed E-state index contributed by atoms with van der Waals surface area (Å²) in [4.78, 5) is 13.9. The van der Waals surface area contributed by atoms with E-state index in [0.717, 1.165) is 15.8 Å². The Bertz CT molecular complexity index is 588. The van der Waals surface area contributed by atoms with Crippen LogP contribution >= 0.6 is 27.7 Å². The van der Waals surface area contributed by atoms with Gasteiger partial charge in [0.05, 0.1) is 5.75 Å². The summed E-state index contributed by atoms with van der Waals surface area (Å²) in [6.07, 6.45) is 0. The summed E-state index contributed by atoms with van der Waals surface area (Å²) >= 11 is 5.17. The van der Waals surface area contributed by atoms with Crippen LogP contribution in [-0.4, -0.2) is 23.6 Å². The molecule has 0 N–H and O–H groups in total. The van der Waals surface area contributed by atoms with E-state index >= 15 is 0 Å². The van der Waals surface area contributed by atoms with Crippen molar-refractivity contribution in [1.29, 1.82) is 0 Å². The average Bonchev–Trinajstić information content (AvgIpc) is 2.50. The van der Waals surface area contributed by atoms with Gasteiger partial charge in [-0.15, -0.1) is 11.8 Å². The minimum Gasteiger partial charge on any atom is -0.341 e. The number of benzene rings is 2. The van der Waals surface area contributed by atoms with Gasteiger partial charge in [-0.2, -0.15) is 0 Å². The maximum absolute atomic E-state index is 12.1. The molecule has 110 valence electrons. The second-order valence-electron chi connectivity index (χ2n) is 4.82. The Morgan fingerprint density at radius 1 is 1.10 bits per heavy atom. The monoisotopic (exact) mass is 363 g/mol. The van der Waals surface area contributed by atoms with Gasteiger partial charge in [0.1, 0.15) is 0 Å². The third-order valence-corrected chi connectivity index (χ3v) is 4.87. The molecule has 2 nitrogen and oxygen atoms in total. The van der Waals surface area contributed by atoms with E-state index in [1.807, 2.05) is 55.6 Å². The molecule has 0 unspecified atom stereocenters. The maximum Gasteiger partial charge on any atom is 0.232 e. The van der Waals surface area contributed by atoms with Crippen LogP contribution in [0.2, 0.25) is 0 Å². The van der Waals surface area contributed by atoms with E-state index in [9.17, 15) is 4.79 Å². The zero-order valence-corrected chi connectivity index (χ0v) is 14.4. The molecule has 0 atom stereocenters. The summed E-state index contributed by atoms with van der Waals surface area (Å²) in [7, 11) is 1.86. The second kappa shape index (κ2) is 8.25. The van der Waals surface area contributed by atoms with Crippen LogP contribution < -0.4 is 0 Å². The minimum atomic E-state index is 0.163. The Balaban J connectivity index is 1.78. The van der Waals surface area contributed by atoms with Crippen LogP contribution in [0.15, 0.2) is 59.1 Å². The maximum atomic E-state index is 12.1. The van der Waals surface area contributed by atoms with Gasteiger partial charge in [0.2, 0.25) is 5.91 Å². The summed E-state index contributed by atoms with van der Waals surface area (Å²) in [5, 5.41) is 0. The lowest BCUT2D eigenvalue weighted by Crippen LogP contribution is -2.27. The standard InChI is InChI=1S/C17H18BrNOS/c1-19(11-14-7-3-2-4-8-14)17(20)13-21-12-15-9-5-6-10-16(15)18/h2-10H,11-13H2,1H3. The Morgan fingerprint density at radius 2 is 1.76 bits per heavy atom. The number of nitrogens with zero attached hydrogens (tertiary/aromatic N) is 1. The Kier molecular flexibility index (Phi) is 6.33. The van der Waals surface area contributed by atoms with Crippen molar-refractivity contribution in [3.8, 4) is 0 Å². The van der Waals surface area contributed by atoms with E-state index in [4.69, 9.17) is 0 Å². The van der Waals surface area contributed by atoms with Gasteiger partial charge in [-0.1, -0.05) is 64.5 Å². The molecule has 0 aliphatic heterocycles. The third-order valence-electron chi connectivity index (χ3n) is 3.13. The third kappa shape index (κ3) is 5.21. The molecule has 1 amide bonds. The predicted octanol–water partition coefficient (Wildman–Crippen LogP) is 4.34. The highest BCUT2D eigenvalue weighted by Gasteiger charge is 2.09. The highest BCUT2D eigenvalue weighted by Crippen LogP contribution is 2.21. The van der Waals surface area contributed by atoms with Gasteiger partial charge in [-0.05, 0) is 17.2 Å². The van der Waals surface area contributed by atoms with E-state index in [1.165, 1.54) is 5.56 Å². The Morgan fingerprint density at radius 3 is 2.48 bits per heavy atom. The first-order valence-corrected chi connectivity index (χ1v) is 8.70. The van der Waals surface area contributed by atoms with E-state index in [2.05, 4.69) is 22.0 Å². The van der Waals surface area contributed by atoms with Crippen LogP contribution in [0.25, 0.3) is 0 Å². The van der Waals surface area contributed by atoms with E-state index in [1.54, 1.807) is 16.7 Å². The number of carbonyl (C=O) groups is 1. The van der Waals surface area contributed by atoms with Crippen LogP contribution in [0.4, 0.5) is 0 Å². The van der Waals surface area contributed by atoms with Crippen molar-refractivity contribution in [3.63, 3.8) is 0 Å². The van der Waals surface area contributed by atoms with Crippen molar-refractivity contribution in [3.05, 3.63) is 70.2 Å². The second-order valence-corrected chi connectivity index (χ2v) is 6.66. The molecule has 0 saturated heterocycles. The van der Waals surface area contributed by atoms with E-state index in [-0.39, 0.29) is 5.91 Å². The summed E-state index contributed by atoms with van der Waals surface area (Å²) in [6, 6.07) is 18.2. The largest absolute Gasteiger partial charge is 0.341 e. The minimum absolute atomic E-state index is 0.163. The van der Waals surface area contributed by atoms with Crippen molar-refractivity contribution < 1.29 is 4.79 Å². The molecule has 2 rings (SSSR count). The SMILES string of the molecule is CN(Cc1ccccc1)C(=O)CSCc1ccccc1Br. The first kappa shape index (κ1) is 16.1. The van der Waals surface area contributed by atoms with Crippen molar-refractivity contribution in [2.75, 3.05) is 12.8 Å². The van der Waals surface area contributed by atoms with E-state index in [0.29, 0.717) is 12.3 Å². The molecule has 2 aromatic rings. The quantitative estimate of drug-likeness (QED) is 0.760. The molecule has 0 saturated carbocycles. The first-order chi connectivity index (χ1) is 10.2. The molecule has 0 heterocycles. The average molecular weight is 364 g/mol. The lowest BCUT2D eigenvalue weighted by Gasteiger charge is -2.17. The van der Waals surface area contributed by atoms with Gasteiger partial charge < -0.3 is 4.90 Å². The molecule has 0 bridgehead atoms. The number of rotatable bonds is 6. The molecule has 2 aromatic carbocycles. The van der Waals surface area contributed by atoms with Gasteiger partial charge in [0.15, 0.2) is 0 Å². The number of hydrogen-bond donors (Lipinski definition) is 0. The zero-order chi connectivity index (χ0) is 15.1. The highest BCUT2D eigenvalue weighted by molar-refractivity contribution is 9.10. The smallest absolute Gasteiger partial charge is 0.232 e. The molecule has 0 spiro atoms. The van der Waals surface area contributed by atoms with Gasteiger partial charge in [-0.3, -0.25) is 4.79 Å². The van der Waals surface area contributed by atoms with Gasteiger partial charge in [0, 0.05) is 23.8 Å². The topological polar surface area (TPSA) is 20.3 Å². The fourth-order valence-electron chi connectivity index (χ4n) is 1.92. The summed E-state index contributed by atoms with van der Waals surface area (Å²) in [6.45, 7) is 0.662. The zero-order valence-electron chi connectivity index (χ0n) is 12.0. The van der Waals surface area contributed by atoms with Crippen molar-refractivity contribution in [2.45, 2.75) is 12.3 Å². The molecular weight excluding hydrogens is 346 g/mol. The highest BCUT2D eigenvalue weighted by atomic mass is 79.9. The van der Waals surface area contributed by atoms with Crippen LogP contribution in [0.1, 0.15) is 11.1 Å². The number of carbonyl (C=O) groups excluding carboxylic acids is 1. The van der Waals surface area contributed by atoms with Crippen molar-refractivity contribution >= 4 is 33.6 Å². The van der Waals surface area contributed by atoms with E-state index < -0.39 is 0 Å². The number of thioether (sulfide) groups is 1. The van der Waals surface area contributed by atoms with Crippen molar-refractivity contribution in [2.24, 2.45) is 0 Å². The first-order valence-electron chi connectivity index (χ1n) is 6.76. The Hall–Kier alpha value is -1.26. The molecule has 0 aliphatic rings. The fraction of sp³-hybridized carbons (Fsp3) is 0.235. The van der Waals surface area contributed by atoms with Crippen LogP contribution in [0.5, 0.6) is 0 Å². The predicted molar refractivity (Wildman–Crippen MR) is 93.2 cm³/mol. The lowest BCUT2D eigenvalue weighted by molar-refractivity contribution is -0.127. The molecular formula is C17H18BrNOS. The lowest BCUT2D eigenvalue weighted by atomic mass is 10.2. The van der Waals surface area contributed by atoms with Crippen molar-refractivity contribution in [1.82, 2.24) is 4.90 Å². The molecule has 21 heavy (non-hydrogen) atoms. The number of hydrogen-bond acceptors (Lipinski definition) is 2. The van der Waals surface area contributed by atoms with Crippen LogP contribution in [0, 0.1) is 0 Å². The molecule has 0 aliphatic carbocycles. The normalized spacial score (nSPS) is 10.4. The molecule has 0 radical (unpaired) electrons. The fourth-order valence-corrected chi connectivity index (χ4v) is 3.50. The molecule has 0 fully saturated rings. The number of halogens is 1. The Labute approximate surface area is 138 Å².